The number of halogens is 2. The van der Waals surface area contributed by atoms with Crippen LogP contribution in [0.1, 0.15) is 12.5 Å². The van der Waals surface area contributed by atoms with Gasteiger partial charge in [0.05, 0.1) is 5.57 Å². The molecule has 2 aliphatic heterocycles. The number of β-lactam (4-membered cyclic amide) rings is 1. The third-order valence-electron chi connectivity index (χ3n) is 4.21. The molecule has 8 nitrogen and oxygen atoms in total. The fourth-order valence-corrected chi connectivity index (χ4v) is 5.29. The number of thioether (sulfide) groups is 1. The third-order valence-corrected chi connectivity index (χ3v) is 6.61. The summed E-state index contributed by atoms with van der Waals surface area (Å²) in [5.41, 5.74) is 0.637. The number of carbonyl (C=O) groups is 4. The van der Waals surface area contributed by atoms with Crippen molar-refractivity contribution in [3.63, 3.8) is 0 Å². The van der Waals surface area contributed by atoms with Crippen LogP contribution in [0.4, 0.5) is 0 Å². The predicted molar refractivity (Wildman–Crippen MR) is 109 cm³/mol. The third kappa shape index (κ3) is 4.30. The first kappa shape index (κ1) is 21.7. The van der Waals surface area contributed by atoms with Gasteiger partial charge < -0.3 is 15.2 Å². The molecule has 0 radical (unpaired) electrons. The SMILES string of the molecule is CC(=O)OCC1=C(C(=O)O)N2C(=O)C(NC(=O)C(=C(Cl)Cl)c3ccsc3)[C@@H]2SC1. The predicted octanol–water partition coefficient (Wildman–Crippen LogP) is 2.20. The molecule has 3 rings (SSSR count). The maximum absolute atomic E-state index is 12.7. The highest BCUT2D eigenvalue weighted by Gasteiger charge is 2.54. The lowest BCUT2D eigenvalue weighted by Crippen LogP contribution is -2.70. The fraction of sp³-hybridized carbons (Fsp3) is 0.294. The van der Waals surface area contributed by atoms with Crippen LogP contribution in [0.3, 0.4) is 0 Å². The molecular formula is C17H14Cl2N2O6S2. The number of carboxylic acid groups (broad SMARTS) is 1. The van der Waals surface area contributed by atoms with Crippen LogP contribution in [0.25, 0.3) is 5.57 Å². The zero-order valence-electron chi connectivity index (χ0n) is 14.8. The number of nitrogens with one attached hydrogen (secondary N) is 1. The Hall–Kier alpha value is -2.01. The monoisotopic (exact) mass is 476 g/mol. The summed E-state index contributed by atoms with van der Waals surface area (Å²) in [7, 11) is 0. The molecule has 0 bridgehead atoms. The maximum atomic E-state index is 12.7. The van der Waals surface area contributed by atoms with Gasteiger partial charge in [-0.3, -0.25) is 19.3 Å². The van der Waals surface area contributed by atoms with Gasteiger partial charge in [0.15, 0.2) is 0 Å². The Morgan fingerprint density at radius 1 is 1.38 bits per heavy atom. The zero-order chi connectivity index (χ0) is 21.3. The molecule has 0 aliphatic carbocycles. The summed E-state index contributed by atoms with van der Waals surface area (Å²) in [5.74, 6) is -2.84. The lowest BCUT2D eigenvalue weighted by molar-refractivity contribution is -0.150. The molecule has 1 saturated heterocycles. The Balaban J connectivity index is 1.79. The van der Waals surface area contributed by atoms with Crippen molar-refractivity contribution in [2.24, 2.45) is 0 Å². The van der Waals surface area contributed by atoms with Crippen molar-refractivity contribution >= 4 is 75.6 Å². The van der Waals surface area contributed by atoms with Crippen LogP contribution < -0.4 is 5.32 Å². The van der Waals surface area contributed by atoms with Gasteiger partial charge in [-0.25, -0.2) is 4.79 Å². The molecule has 29 heavy (non-hydrogen) atoms. The highest BCUT2D eigenvalue weighted by atomic mass is 35.5. The molecular weight excluding hydrogens is 463 g/mol. The van der Waals surface area contributed by atoms with E-state index in [4.69, 9.17) is 27.9 Å². The smallest absolute Gasteiger partial charge is 0.352 e. The number of ether oxygens (including phenoxy) is 1. The molecule has 2 aliphatic rings. The van der Waals surface area contributed by atoms with E-state index in [9.17, 15) is 24.3 Å². The van der Waals surface area contributed by atoms with Gasteiger partial charge in [-0.2, -0.15) is 11.3 Å². The number of hydrogen-bond donors (Lipinski definition) is 2. The minimum Gasteiger partial charge on any atom is -0.477 e. The summed E-state index contributed by atoms with van der Waals surface area (Å²) in [6.45, 7) is 0.991. The number of esters is 1. The summed E-state index contributed by atoms with van der Waals surface area (Å²) in [5, 5.41) is 15.0. The van der Waals surface area contributed by atoms with Gasteiger partial charge in [-0.05, 0) is 16.8 Å². The largest absolute Gasteiger partial charge is 0.477 e. The Kier molecular flexibility index (Phi) is 6.57. The van der Waals surface area contributed by atoms with Gasteiger partial charge in [0.25, 0.3) is 11.8 Å². The molecule has 0 spiro atoms. The van der Waals surface area contributed by atoms with E-state index in [0.29, 0.717) is 11.1 Å². The van der Waals surface area contributed by atoms with E-state index in [1.54, 1.807) is 16.8 Å². The molecule has 2 atom stereocenters. The fourth-order valence-electron chi connectivity index (χ4n) is 2.93. The van der Waals surface area contributed by atoms with E-state index in [-0.39, 0.29) is 28.1 Å². The van der Waals surface area contributed by atoms with Crippen molar-refractivity contribution in [2.45, 2.75) is 18.3 Å². The van der Waals surface area contributed by atoms with Gasteiger partial charge in [-0.15, -0.1) is 11.8 Å². The molecule has 1 fully saturated rings. The second-order valence-corrected chi connectivity index (χ2v) is 8.88. The number of thiophene rings is 1. The molecule has 1 aromatic heterocycles. The lowest BCUT2D eigenvalue weighted by Gasteiger charge is -2.49. The van der Waals surface area contributed by atoms with E-state index < -0.39 is 35.2 Å². The van der Waals surface area contributed by atoms with Crippen LogP contribution in [-0.2, 0) is 23.9 Å². The summed E-state index contributed by atoms with van der Waals surface area (Å²) in [6, 6.07) is 0.736. The van der Waals surface area contributed by atoms with Crippen LogP contribution in [0.15, 0.2) is 32.6 Å². The van der Waals surface area contributed by atoms with Gasteiger partial charge in [-0.1, -0.05) is 23.2 Å². The molecule has 1 unspecified atom stereocenters. The molecule has 154 valence electrons. The van der Waals surface area contributed by atoms with Crippen LogP contribution in [-0.4, -0.2) is 57.5 Å². The second-order valence-electron chi connectivity index (χ2n) is 6.05. The number of nitrogens with zero attached hydrogens (tertiary/aromatic N) is 1. The van der Waals surface area contributed by atoms with E-state index in [0.717, 1.165) is 4.90 Å². The Morgan fingerprint density at radius 2 is 2.10 bits per heavy atom. The van der Waals surface area contributed by atoms with Gasteiger partial charge >= 0.3 is 11.9 Å². The molecule has 2 N–H and O–H groups in total. The number of fused-ring (bicyclic) bond motifs is 1. The van der Waals surface area contributed by atoms with Crippen LogP contribution in [0.5, 0.6) is 0 Å². The summed E-state index contributed by atoms with van der Waals surface area (Å²) in [6.07, 6.45) is 0. The average Bonchev–Trinajstić information content (AvgIpc) is 3.17. The van der Waals surface area contributed by atoms with Gasteiger partial charge in [0, 0.05) is 23.8 Å². The van der Waals surface area contributed by atoms with Crippen molar-refractivity contribution in [2.75, 3.05) is 12.4 Å². The van der Waals surface area contributed by atoms with Crippen molar-refractivity contribution in [3.8, 4) is 0 Å². The standard InChI is InChI=1S/C17H14Cl2N2O6S2/c1-7(22)27-4-9-6-29-16-11(15(24)21(16)12(9)17(25)26)20-14(23)10(13(18)19)8-2-3-28-5-8/h2-3,5,11,16H,4,6H2,1H3,(H,20,23)(H,25,26)/t11?,16-/m0/s1. The van der Waals surface area contributed by atoms with Gasteiger partial charge in [0.2, 0.25) is 0 Å². The number of carbonyl (C=O) groups excluding carboxylic acids is 3. The van der Waals surface area contributed by atoms with Crippen molar-refractivity contribution < 1.29 is 29.0 Å². The normalized spacial score (nSPS) is 20.5. The number of rotatable bonds is 6. The minimum atomic E-state index is -1.31. The summed E-state index contributed by atoms with van der Waals surface area (Å²) >= 11 is 14.3. The van der Waals surface area contributed by atoms with Crippen LogP contribution in [0, 0.1) is 0 Å². The number of hydrogen-bond acceptors (Lipinski definition) is 7. The lowest BCUT2D eigenvalue weighted by atomic mass is 10.0. The van der Waals surface area contributed by atoms with Crippen molar-refractivity contribution in [1.82, 2.24) is 10.2 Å². The number of aliphatic carboxylic acids is 1. The molecule has 2 amide bonds. The van der Waals surface area contributed by atoms with E-state index in [1.165, 1.54) is 30.0 Å². The van der Waals surface area contributed by atoms with Crippen LogP contribution >= 0.6 is 46.3 Å². The first-order chi connectivity index (χ1) is 13.7. The second kappa shape index (κ2) is 8.78. The number of amides is 2. The van der Waals surface area contributed by atoms with Crippen molar-refractivity contribution in [1.29, 1.82) is 0 Å². The van der Waals surface area contributed by atoms with Crippen LogP contribution in [0.2, 0.25) is 0 Å². The number of carboxylic acids is 1. The first-order valence-corrected chi connectivity index (χ1v) is 10.9. The highest BCUT2D eigenvalue weighted by Crippen LogP contribution is 2.40. The summed E-state index contributed by atoms with van der Waals surface area (Å²) < 4.78 is 4.64. The van der Waals surface area contributed by atoms with Gasteiger partial charge in [0.1, 0.15) is 28.2 Å². The van der Waals surface area contributed by atoms with E-state index in [2.05, 4.69) is 5.32 Å². The van der Waals surface area contributed by atoms with E-state index >= 15 is 0 Å². The molecule has 1 aromatic rings. The van der Waals surface area contributed by atoms with E-state index in [1.807, 2.05) is 0 Å². The van der Waals surface area contributed by atoms with Crippen molar-refractivity contribution in [3.05, 3.63) is 38.2 Å². The topological polar surface area (TPSA) is 113 Å². The maximum Gasteiger partial charge on any atom is 0.352 e. The highest BCUT2D eigenvalue weighted by molar-refractivity contribution is 8.00. The first-order valence-electron chi connectivity index (χ1n) is 8.14. The molecule has 12 heteroatoms. The quantitative estimate of drug-likeness (QED) is 0.367. The summed E-state index contributed by atoms with van der Waals surface area (Å²) in [4.78, 5) is 49.1. The molecule has 0 saturated carbocycles. The Labute approximate surface area is 183 Å². The minimum absolute atomic E-state index is 0.0335. The average molecular weight is 477 g/mol. The molecule has 0 aromatic carbocycles. The molecule has 3 heterocycles. The zero-order valence-corrected chi connectivity index (χ0v) is 18.0. The Morgan fingerprint density at radius 3 is 2.66 bits per heavy atom. The Bertz CT molecular complexity index is 940.